The number of nitrogens with one attached hydrogen (secondary N) is 1. The number of carbonyl (C=O) groups is 1. The first-order valence-corrected chi connectivity index (χ1v) is 10.5. The lowest BCUT2D eigenvalue weighted by molar-refractivity contribution is 0.102. The molecule has 0 unspecified atom stereocenters. The molecule has 0 bridgehead atoms. The summed E-state index contributed by atoms with van der Waals surface area (Å²) >= 11 is 0. The summed E-state index contributed by atoms with van der Waals surface area (Å²) in [5.41, 5.74) is 8.08. The topological polar surface area (TPSA) is 117 Å². The van der Waals surface area contributed by atoms with Gasteiger partial charge in [-0.3, -0.25) is 4.79 Å². The smallest absolute Gasteiger partial charge is 0.274 e. The number of carbonyl (C=O) groups excluding carboxylic acids is 1. The zero-order chi connectivity index (χ0) is 24.4. The lowest BCUT2D eigenvalue weighted by Crippen LogP contribution is -2.14. The zero-order valence-electron chi connectivity index (χ0n) is 18.5. The molecule has 2 aromatic carbocycles. The van der Waals surface area contributed by atoms with Crippen molar-refractivity contribution in [2.24, 2.45) is 0 Å². The van der Waals surface area contributed by atoms with E-state index in [0.29, 0.717) is 17.1 Å². The van der Waals surface area contributed by atoms with E-state index in [1.54, 1.807) is 31.4 Å². The van der Waals surface area contributed by atoms with Gasteiger partial charge in [-0.15, -0.1) is 0 Å². The highest BCUT2D eigenvalue weighted by Crippen LogP contribution is 2.28. The van der Waals surface area contributed by atoms with Gasteiger partial charge in [0.1, 0.15) is 17.3 Å². The molecule has 0 saturated carbocycles. The molecule has 1 amide bonds. The SMILES string of the molecule is COc1cccc(-c2cccc(C(=O)Nc3ccc(Oc4cc(N)nc5ccnn45)c(F)c3)n2)c1. The van der Waals surface area contributed by atoms with Gasteiger partial charge in [0.05, 0.1) is 19.0 Å². The van der Waals surface area contributed by atoms with Gasteiger partial charge in [-0.1, -0.05) is 18.2 Å². The number of anilines is 2. The molecule has 3 heterocycles. The molecule has 0 fully saturated rings. The maximum absolute atomic E-state index is 14.8. The van der Waals surface area contributed by atoms with E-state index in [1.807, 2.05) is 24.3 Å². The highest BCUT2D eigenvalue weighted by atomic mass is 19.1. The van der Waals surface area contributed by atoms with Crippen molar-refractivity contribution >= 4 is 23.1 Å². The van der Waals surface area contributed by atoms with Crippen LogP contribution < -0.4 is 20.5 Å². The molecule has 0 saturated heterocycles. The molecular weight excluding hydrogens is 451 g/mol. The second-order valence-corrected chi connectivity index (χ2v) is 7.46. The molecule has 3 N–H and O–H groups in total. The van der Waals surface area contributed by atoms with Crippen molar-refractivity contribution in [2.75, 3.05) is 18.2 Å². The van der Waals surface area contributed by atoms with Gasteiger partial charge >= 0.3 is 0 Å². The molecule has 0 aliphatic heterocycles. The van der Waals surface area contributed by atoms with Crippen LogP contribution in [0.15, 0.2) is 79.0 Å². The van der Waals surface area contributed by atoms with Gasteiger partial charge in [0, 0.05) is 29.4 Å². The zero-order valence-corrected chi connectivity index (χ0v) is 18.5. The second-order valence-electron chi connectivity index (χ2n) is 7.46. The van der Waals surface area contributed by atoms with Crippen LogP contribution in [-0.4, -0.2) is 32.6 Å². The lowest BCUT2D eigenvalue weighted by atomic mass is 10.1. The average molecular weight is 470 g/mol. The van der Waals surface area contributed by atoms with E-state index >= 15 is 0 Å². The number of nitrogen functional groups attached to an aromatic ring is 1. The van der Waals surface area contributed by atoms with Gasteiger partial charge in [-0.05, 0) is 36.4 Å². The molecular formula is C25H19FN6O3. The molecule has 0 spiro atoms. The Kier molecular flexibility index (Phi) is 5.68. The third-order valence-electron chi connectivity index (χ3n) is 5.10. The Balaban J connectivity index is 1.34. The van der Waals surface area contributed by atoms with E-state index in [-0.39, 0.29) is 28.8 Å². The van der Waals surface area contributed by atoms with Crippen LogP contribution >= 0.6 is 0 Å². The minimum Gasteiger partial charge on any atom is -0.497 e. The minimum absolute atomic E-state index is 0.0662. The number of aromatic nitrogens is 4. The Labute approximate surface area is 199 Å². The van der Waals surface area contributed by atoms with Crippen LogP contribution in [0.5, 0.6) is 17.4 Å². The van der Waals surface area contributed by atoms with E-state index in [9.17, 15) is 9.18 Å². The number of ether oxygens (including phenoxy) is 2. The number of hydrogen-bond donors (Lipinski definition) is 2. The Morgan fingerprint density at radius 1 is 1.03 bits per heavy atom. The van der Waals surface area contributed by atoms with Gasteiger partial charge < -0.3 is 20.5 Å². The first kappa shape index (κ1) is 21.8. The predicted octanol–water partition coefficient (Wildman–Crippen LogP) is 4.57. The second kappa shape index (κ2) is 9.10. The van der Waals surface area contributed by atoms with Crippen LogP contribution in [0.2, 0.25) is 0 Å². The van der Waals surface area contributed by atoms with E-state index in [1.165, 1.54) is 28.9 Å². The molecule has 35 heavy (non-hydrogen) atoms. The summed E-state index contributed by atoms with van der Waals surface area (Å²) in [6.45, 7) is 0. The summed E-state index contributed by atoms with van der Waals surface area (Å²) in [4.78, 5) is 21.3. The van der Waals surface area contributed by atoms with Gasteiger partial charge in [0.15, 0.2) is 17.2 Å². The lowest BCUT2D eigenvalue weighted by Gasteiger charge is -2.11. The van der Waals surface area contributed by atoms with Crippen LogP contribution in [0.1, 0.15) is 10.5 Å². The number of rotatable bonds is 6. The van der Waals surface area contributed by atoms with E-state index in [4.69, 9.17) is 15.2 Å². The van der Waals surface area contributed by atoms with E-state index in [2.05, 4.69) is 20.4 Å². The number of hydrogen-bond acceptors (Lipinski definition) is 7. The Bertz CT molecular complexity index is 1550. The first-order chi connectivity index (χ1) is 17.0. The third kappa shape index (κ3) is 4.58. The minimum atomic E-state index is -0.684. The Hall–Kier alpha value is -4.99. The van der Waals surface area contributed by atoms with Gasteiger partial charge in [-0.25, -0.2) is 14.4 Å². The highest BCUT2D eigenvalue weighted by molar-refractivity contribution is 6.03. The van der Waals surface area contributed by atoms with E-state index < -0.39 is 11.7 Å². The number of nitrogens with zero attached hydrogens (tertiary/aromatic N) is 4. The summed E-state index contributed by atoms with van der Waals surface area (Å²) < 4.78 is 27.1. The van der Waals surface area contributed by atoms with Gasteiger partial charge in [0.25, 0.3) is 5.91 Å². The van der Waals surface area contributed by atoms with Crippen molar-refractivity contribution in [3.05, 3.63) is 90.5 Å². The Morgan fingerprint density at radius 2 is 1.89 bits per heavy atom. The van der Waals surface area contributed by atoms with Crippen LogP contribution in [0.3, 0.4) is 0 Å². The van der Waals surface area contributed by atoms with Crippen LogP contribution in [0.25, 0.3) is 16.9 Å². The van der Waals surface area contributed by atoms with Gasteiger partial charge in [0.2, 0.25) is 5.88 Å². The number of amides is 1. The Morgan fingerprint density at radius 3 is 2.71 bits per heavy atom. The highest BCUT2D eigenvalue weighted by Gasteiger charge is 2.14. The van der Waals surface area contributed by atoms with Crippen LogP contribution in [-0.2, 0) is 0 Å². The molecule has 5 rings (SSSR count). The predicted molar refractivity (Wildman–Crippen MR) is 128 cm³/mol. The van der Waals surface area contributed by atoms with Crippen LogP contribution in [0, 0.1) is 5.82 Å². The fourth-order valence-corrected chi connectivity index (χ4v) is 3.45. The molecule has 10 heteroatoms. The number of halogens is 1. The fourth-order valence-electron chi connectivity index (χ4n) is 3.45. The van der Waals surface area contributed by atoms with Crippen molar-refractivity contribution in [3.63, 3.8) is 0 Å². The van der Waals surface area contributed by atoms with Crippen molar-refractivity contribution in [1.82, 2.24) is 19.6 Å². The van der Waals surface area contributed by atoms with Crippen molar-refractivity contribution in [1.29, 1.82) is 0 Å². The summed E-state index contributed by atoms with van der Waals surface area (Å²) in [5.74, 6) is -0.143. The van der Waals surface area contributed by atoms with E-state index in [0.717, 1.165) is 11.6 Å². The molecule has 0 radical (unpaired) electrons. The molecule has 3 aromatic heterocycles. The number of fused-ring (bicyclic) bond motifs is 1. The quantitative estimate of drug-likeness (QED) is 0.373. The maximum Gasteiger partial charge on any atom is 0.274 e. The number of pyridine rings is 1. The fraction of sp³-hybridized carbons (Fsp3) is 0.0400. The normalized spacial score (nSPS) is 10.8. The van der Waals surface area contributed by atoms with Crippen LogP contribution in [0.4, 0.5) is 15.9 Å². The molecule has 0 aliphatic rings. The first-order valence-electron chi connectivity index (χ1n) is 10.5. The monoisotopic (exact) mass is 470 g/mol. The number of nitrogens with two attached hydrogens (primary N) is 1. The third-order valence-corrected chi connectivity index (χ3v) is 5.10. The molecule has 5 aromatic rings. The summed E-state index contributed by atoms with van der Waals surface area (Å²) in [5, 5.41) is 6.75. The average Bonchev–Trinajstić information content (AvgIpc) is 3.34. The summed E-state index contributed by atoms with van der Waals surface area (Å²) in [6, 6.07) is 19.6. The van der Waals surface area contributed by atoms with Crippen molar-refractivity contribution in [3.8, 4) is 28.6 Å². The summed E-state index contributed by atoms with van der Waals surface area (Å²) in [7, 11) is 1.58. The summed E-state index contributed by atoms with van der Waals surface area (Å²) in [6.07, 6.45) is 1.53. The maximum atomic E-state index is 14.8. The van der Waals surface area contributed by atoms with Crippen molar-refractivity contribution in [2.45, 2.75) is 0 Å². The molecule has 0 atom stereocenters. The number of benzene rings is 2. The molecule has 9 nitrogen and oxygen atoms in total. The number of methoxy groups -OCH3 is 1. The standard InChI is InChI=1S/C25H19FN6O3/c1-34-17-5-2-4-15(12-17)19-6-3-7-20(30-19)25(33)29-16-8-9-21(18(26)13-16)35-24-14-22(27)31-23-10-11-28-32(23)24/h2-14H,1H3,(H2,27,31)(H,29,33). The van der Waals surface area contributed by atoms with Crippen molar-refractivity contribution < 1.29 is 18.7 Å². The largest absolute Gasteiger partial charge is 0.497 e. The molecule has 0 aliphatic carbocycles. The molecule has 174 valence electrons. The van der Waals surface area contributed by atoms with Gasteiger partial charge in [-0.2, -0.15) is 9.61 Å².